The molecule has 1 saturated heterocycles. The molecule has 2 amide bonds. The van der Waals surface area contributed by atoms with Gasteiger partial charge in [0.05, 0.1) is 5.60 Å². The van der Waals surface area contributed by atoms with Gasteiger partial charge in [0.2, 0.25) is 0 Å². The highest BCUT2D eigenvalue weighted by atomic mass is 19.1. The number of amides is 2. The van der Waals surface area contributed by atoms with Gasteiger partial charge in [0, 0.05) is 18.8 Å². The summed E-state index contributed by atoms with van der Waals surface area (Å²) in [6.45, 7) is 5.00. The van der Waals surface area contributed by atoms with E-state index in [1.807, 2.05) is 13.8 Å². The third-order valence-corrected chi connectivity index (χ3v) is 4.07. The van der Waals surface area contributed by atoms with Crippen molar-refractivity contribution in [3.63, 3.8) is 0 Å². The summed E-state index contributed by atoms with van der Waals surface area (Å²) in [5, 5.41) is 13.0. The van der Waals surface area contributed by atoms with Crippen molar-refractivity contribution < 1.29 is 14.3 Å². The normalized spacial score (nSPS) is 18.1. The van der Waals surface area contributed by atoms with Gasteiger partial charge in [-0.1, -0.05) is 19.9 Å². The van der Waals surface area contributed by atoms with Crippen LogP contribution in [0.3, 0.4) is 0 Å². The van der Waals surface area contributed by atoms with E-state index in [4.69, 9.17) is 0 Å². The maximum Gasteiger partial charge on any atom is 0.321 e. The van der Waals surface area contributed by atoms with Gasteiger partial charge < -0.3 is 15.3 Å². The van der Waals surface area contributed by atoms with Crippen molar-refractivity contribution in [3.8, 4) is 0 Å². The fraction of sp³-hybridized carbons (Fsp3) is 0.533. The topological polar surface area (TPSA) is 52.6 Å². The van der Waals surface area contributed by atoms with E-state index in [-0.39, 0.29) is 17.8 Å². The summed E-state index contributed by atoms with van der Waals surface area (Å²) in [5.41, 5.74) is -0.241. The maximum absolute atomic E-state index is 13.1. The van der Waals surface area contributed by atoms with Gasteiger partial charge in [-0.2, -0.15) is 0 Å². The molecule has 1 fully saturated rings. The average Bonchev–Trinajstić information content (AvgIpc) is 2.39. The summed E-state index contributed by atoms with van der Waals surface area (Å²) in [6.07, 6.45) is 1.14. The number of carbonyl (C=O) groups excluding carboxylic acids is 1. The Kier molecular flexibility index (Phi) is 4.28. The highest BCUT2D eigenvalue weighted by molar-refractivity contribution is 5.89. The third-order valence-electron chi connectivity index (χ3n) is 4.07. The minimum Gasteiger partial charge on any atom is -0.389 e. The molecule has 0 radical (unpaired) electrons. The van der Waals surface area contributed by atoms with Crippen LogP contribution in [0.1, 0.15) is 26.7 Å². The Labute approximate surface area is 118 Å². The number of urea groups is 1. The Balaban J connectivity index is 1.92. The number of carbonyl (C=O) groups is 1. The molecule has 1 aromatic carbocycles. The molecular formula is C15H21FN2O2. The molecule has 1 aromatic rings. The number of aliphatic hydroxyl groups is 1. The number of nitrogens with one attached hydrogen (secondary N) is 1. The maximum atomic E-state index is 13.1. The number of rotatable bonds is 2. The zero-order valence-corrected chi connectivity index (χ0v) is 11.9. The quantitative estimate of drug-likeness (QED) is 0.875. The SMILES string of the molecule is CC(C)C1(O)CCN(C(=O)Nc2cccc(F)c2)CC1. The van der Waals surface area contributed by atoms with Gasteiger partial charge in [-0.15, -0.1) is 0 Å². The number of halogens is 1. The molecule has 0 aliphatic carbocycles. The molecule has 0 aromatic heterocycles. The molecule has 2 rings (SSSR count). The first-order valence-corrected chi connectivity index (χ1v) is 6.94. The van der Waals surface area contributed by atoms with E-state index in [1.54, 1.807) is 17.0 Å². The Morgan fingerprint density at radius 1 is 1.40 bits per heavy atom. The van der Waals surface area contributed by atoms with Crippen LogP contribution in [0.25, 0.3) is 0 Å². The van der Waals surface area contributed by atoms with Gasteiger partial charge in [0.15, 0.2) is 0 Å². The van der Waals surface area contributed by atoms with Gasteiger partial charge in [-0.25, -0.2) is 9.18 Å². The van der Waals surface area contributed by atoms with Crippen molar-refractivity contribution in [2.24, 2.45) is 5.92 Å². The van der Waals surface area contributed by atoms with Crippen molar-refractivity contribution in [3.05, 3.63) is 30.1 Å². The largest absolute Gasteiger partial charge is 0.389 e. The summed E-state index contributed by atoms with van der Waals surface area (Å²) in [5.74, 6) is -0.202. The van der Waals surface area contributed by atoms with Crippen LogP contribution in [-0.2, 0) is 0 Å². The lowest BCUT2D eigenvalue weighted by Crippen LogP contribution is -2.50. The second-order valence-corrected chi connectivity index (χ2v) is 5.69. The lowest BCUT2D eigenvalue weighted by Gasteiger charge is -2.40. The van der Waals surface area contributed by atoms with Crippen molar-refractivity contribution in [1.29, 1.82) is 0 Å². The molecule has 2 N–H and O–H groups in total. The van der Waals surface area contributed by atoms with E-state index in [2.05, 4.69) is 5.32 Å². The van der Waals surface area contributed by atoms with Crippen LogP contribution in [0.15, 0.2) is 24.3 Å². The summed E-state index contributed by atoms with van der Waals surface area (Å²) in [7, 11) is 0. The summed E-state index contributed by atoms with van der Waals surface area (Å²) in [6, 6.07) is 5.57. The van der Waals surface area contributed by atoms with Crippen molar-refractivity contribution in [2.75, 3.05) is 18.4 Å². The lowest BCUT2D eigenvalue weighted by atomic mass is 9.82. The molecule has 0 saturated carbocycles. The van der Waals surface area contributed by atoms with Crippen molar-refractivity contribution in [2.45, 2.75) is 32.3 Å². The van der Waals surface area contributed by atoms with E-state index in [0.717, 1.165) is 0 Å². The van der Waals surface area contributed by atoms with E-state index in [9.17, 15) is 14.3 Å². The van der Waals surface area contributed by atoms with Crippen LogP contribution in [0.2, 0.25) is 0 Å². The molecule has 1 heterocycles. The third kappa shape index (κ3) is 3.28. The molecule has 5 heteroatoms. The summed E-state index contributed by atoms with van der Waals surface area (Å²) >= 11 is 0. The fourth-order valence-electron chi connectivity index (χ4n) is 2.44. The molecule has 110 valence electrons. The number of nitrogens with zero attached hydrogens (tertiary/aromatic N) is 1. The Morgan fingerprint density at radius 3 is 2.60 bits per heavy atom. The van der Waals surface area contributed by atoms with E-state index < -0.39 is 5.60 Å². The zero-order valence-electron chi connectivity index (χ0n) is 11.9. The van der Waals surface area contributed by atoms with Gasteiger partial charge in [0.25, 0.3) is 0 Å². The highest BCUT2D eigenvalue weighted by Crippen LogP contribution is 2.29. The first kappa shape index (κ1) is 14.8. The van der Waals surface area contributed by atoms with Crippen LogP contribution >= 0.6 is 0 Å². The highest BCUT2D eigenvalue weighted by Gasteiger charge is 2.36. The number of benzene rings is 1. The molecule has 0 unspecified atom stereocenters. The van der Waals surface area contributed by atoms with E-state index in [1.165, 1.54) is 12.1 Å². The van der Waals surface area contributed by atoms with E-state index in [0.29, 0.717) is 31.6 Å². The smallest absolute Gasteiger partial charge is 0.321 e. The van der Waals surface area contributed by atoms with Crippen LogP contribution in [-0.4, -0.2) is 34.7 Å². The molecule has 1 aliphatic heterocycles. The van der Waals surface area contributed by atoms with Gasteiger partial charge in [-0.3, -0.25) is 0 Å². The predicted octanol–water partition coefficient (Wildman–Crippen LogP) is 2.84. The molecular weight excluding hydrogens is 259 g/mol. The number of piperidine rings is 1. The number of anilines is 1. The molecule has 0 spiro atoms. The first-order chi connectivity index (χ1) is 9.40. The number of hydrogen-bond acceptors (Lipinski definition) is 2. The van der Waals surface area contributed by atoms with Crippen LogP contribution < -0.4 is 5.32 Å². The second-order valence-electron chi connectivity index (χ2n) is 5.69. The predicted molar refractivity (Wildman–Crippen MR) is 76.0 cm³/mol. The monoisotopic (exact) mass is 280 g/mol. The molecule has 20 heavy (non-hydrogen) atoms. The Morgan fingerprint density at radius 2 is 2.05 bits per heavy atom. The number of hydrogen-bond donors (Lipinski definition) is 2. The minimum atomic E-state index is -0.685. The van der Waals surface area contributed by atoms with Gasteiger partial charge in [0.1, 0.15) is 5.82 Å². The standard InChI is InChI=1S/C15H21FN2O2/c1-11(2)15(20)6-8-18(9-7-15)14(19)17-13-5-3-4-12(16)10-13/h3-5,10-11,20H,6-9H2,1-2H3,(H,17,19). The first-order valence-electron chi connectivity index (χ1n) is 6.94. The second kappa shape index (κ2) is 5.79. The average molecular weight is 280 g/mol. The van der Waals surface area contributed by atoms with Gasteiger partial charge >= 0.3 is 6.03 Å². The number of likely N-dealkylation sites (tertiary alicyclic amines) is 1. The summed E-state index contributed by atoms with van der Waals surface area (Å²) in [4.78, 5) is 13.7. The van der Waals surface area contributed by atoms with Gasteiger partial charge in [-0.05, 0) is 37.0 Å². The zero-order chi connectivity index (χ0) is 14.8. The Hall–Kier alpha value is -1.62. The molecule has 1 aliphatic rings. The van der Waals surface area contributed by atoms with Crippen LogP contribution in [0, 0.1) is 11.7 Å². The summed E-state index contributed by atoms with van der Waals surface area (Å²) < 4.78 is 13.1. The van der Waals surface area contributed by atoms with Crippen LogP contribution in [0.4, 0.5) is 14.9 Å². The Bertz CT molecular complexity index is 483. The molecule has 0 bridgehead atoms. The van der Waals surface area contributed by atoms with E-state index >= 15 is 0 Å². The fourth-order valence-corrected chi connectivity index (χ4v) is 2.44. The molecule has 4 nitrogen and oxygen atoms in total. The van der Waals surface area contributed by atoms with Crippen LogP contribution in [0.5, 0.6) is 0 Å². The lowest BCUT2D eigenvalue weighted by molar-refractivity contribution is -0.0481. The molecule has 0 atom stereocenters. The van der Waals surface area contributed by atoms with Crippen molar-refractivity contribution >= 4 is 11.7 Å². The van der Waals surface area contributed by atoms with Crippen molar-refractivity contribution in [1.82, 2.24) is 4.90 Å². The minimum absolute atomic E-state index is 0.177.